The van der Waals surface area contributed by atoms with Crippen LogP contribution in [-0.4, -0.2) is 26.2 Å². The highest BCUT2D eigenvalue weighted by atomic mass is 127. The molecular weight excluding hydrogens is 299 g/mol. The molecule has 1 aliphatic heterocycles. The summed E-state index contributed by atoms with van der Waals surface area (Å²) in [4.78, 5) is 2.48. The van der Waals surface area contributed by atoms with Crippen LogP contribution in [0.2, 0.25) is 0 Å². The molecule has 1 saturated heterocycles. The van der Waals surface area contributed by atoms with Crippen LogP contribution < -0.4 is 10.2 Å². The molecule has 0 unspecified atom stereocenters. The molecule has 2 nitrogen and oxygen atoms in total. The Bertz CT molecular complexity index is 302. The second-order valence-electron chi connectivity index (χ2n) is 4.03. The molecule has 0 bridgehead atoms. The summed E-state index contributed by atoms with van der Waals surface area (Å²) in [6, 6.07) is 9.52. The summed E-state index contributed by atoms with van der Waals surface area (Å²) in [6.07, 6.45) is 2.50. The van der Waals surface area contributed by atoms with Crippen LogP contribution in [0.15, 0.2) is 24.3 Å². The van der Waals surface area contributed by atoms with Gasteiger partial charge in [-0.3, -0.25) is 0 Å². The lowest BCUT2D eigenvalue weighted by molar-refractivity contribution is 0.442. The van der Waals surface area contributed by atoms with Gasteiger partial charge in [0.05, 0.1) is 0 Å². The highest BCUT2D eigenvalue weighted by Gasteiger charge is 2.17. The summed E-state index contributed by atoms with van der Waals surface area (Å²) in [5.74, 6) is 0. The third kappa shape index (κ3) is 2.84. The van der Waals surface area contributed by atoms with Crippen molar-refractivity contribution < 1.29 is 0 Å². The topological polar surface area (TPSA) is 15.3 Å². The molecule has 0 aliphatic carbocycles. The van der Waals surface area contributed by atoms with Gasteiger partial charge in [-0.15, -0.1) is 0 Å². The largest absolute Gasteiger partial charge is 0.371 e. The van der Waals surface area contributed by atoms with Gasteiger partial charge in [-0.1, -0.05) is 0 Å². The first-order valence-electron chi connectivity index (χ1n) is 5.47. The maximum atomic E-state index is 3.36. The average molecular weight is 316 g/mol. The van der Waals surface area contributed by atoms with Gasteiger partial charge < -0.3 is 10.2 Å². The van der Waals surface area contributed by atoms with Crippen molar-refractivity contribution in [1.29, 1.82) is 0 Å². The molecule has 0 radical (unpaired) electrons. The van der Waals surface area contributed by atoms with E-state index in [1.807, 2.05) is 0 Å². The average Bonchev–Trinajstić information content (AvgIpc) is 2.30. The van der Waals surface area contributed by atoms with Crippen molar-refractivity contribution in [2.45, 2.75) is 18.9 Å². The number of anilines is 1. The third-order valence-corrected chi connectivity index (χ3v) is 3.81. The zero-order valence-corrected chi connectivity index (χ0v) is 11.2. The van der Waals surface area contributed by atoms with Crippen molar-refractivity contribution in [3.8, 4) is 0 Å². The Hall–Kier alpha value is -0.290. The van der Waals surface area contributed by atoms with E-state index in [-0.39, 0.29) is 0 Å². The van der Waals surface area contributed by atoms with Gasteiger partial charge in [-0.05, 0) is 66.7 Å². The van der Waals surface area contributed by atoms with E-state index in [0.29, 0.717) is 6.04 Å². The van der Waals surface area contributed by atoms with Crippen LogP contribution in [0.3, 0.4) is 0 Å². The molecule has 0 spiro atoms. The summed E-state index contributed by atoms with van der Waals surface area (Å²) in [6.45, 7) is 2.35. The van der Waals surface area contributed by atoms with Gasteiger partial charge in [0.25, 0.3) is 0 Å². The van der Waals surface area contributed by atoms with Crippen molar-refractivity contribution >= 4 is 28.3 Å². The van der Waals surface area contributed by atoms with E-state index in [0.717, 1.165) is 0 Å². The van der Waals surface area contributed by atoms with E-state index in [1.54, 1.807) is 0 Å². The van der Waals surface area contributed by atoms with E-state index in [4.69, 9.17) is 0 Å². The van der Waals surface area contributed by atoms with E-state index in [1.165, 1.54) is 35.2 Å². The number of nitrogens with zero attached hydrogens (tertiary/aromatic N) is 1. The number of benzene rings is 1. The molecule has 0 amide bonds. The molecule has 1 aromatic rings. The molecule has 1 aliphatic rings. The van der Waals surface area contributed by atoms with Gasteiger partial charge in [-0.25, -0.2) is 0 Å². The maximum Gasteiger partial charge on any atom is 0.0366 e. The van der Waals surface area contributed by atoms with Crippen LogP contribution in [0.4, 0.5) is 5.69 Å². The second kappa shape index (κ2) is 5.16. The standard InChI is InChI=1S/C12H17IN2/c1-14-11-6-8-15(9-7-11)12-4-2-10(13)3-5-12/h2-5,11,14H,6-9H2,1H3. The van der Waals surface area contributed by atoms with Crippen LogP contribution in [0.25, 0.3) is 0 Å². The molecular formula is C12H17IN2. The molecule has 1 fully saturated rings. The fourth-order valence-corrected chi connectivity index (χ4v) is 2.44. The van der Waals surface area contributed by atoms with Crippen LogP contribution in [0.5, 0.6) is 0 Å². The number of piperidine rings is 1. The lowest BCUT2D eigenvalue weighted by Gasteiger charge is -2.33. The second-order valence-corrected chi connectivity index (χ2v) is 5.27. The van der Waals surface area contributed by atoms with Gasteiger partial charge in [0.15, 0.2) is 0 Å². The summed E-state index contributed by atoms with van der Waals surface area (Å²) < 4.78 is 1.31. The van der Waals surface area contributed by atoms with Crippen molar-refractivity contribution in [2.75, 3.05) is 25.0 Å². The Morgan fingerprint density at radius 2 is 1.80 bits per heavy atom. The quantitative estimate of drug-likeness (QED) is 0.844. The minimum absolute atomic E-state index is 0.713. The highest BCUT2D eigenvalue weighted by Crippen LogP contribution is 2.20. The van der Waals surface area contributed by atoms with Gasteiger partial charge in [0.2, 0.25) is 0 Å². The summed E-state index contributed by atoms with van der Waals surface area (Å²) in [5.41, 5.74) is 1.37. The minimum Gasteiger partial charge on any atom is -0.371 e. The first-order valence-corrected chi connectivity index (χ1v) is 6.55. The van der Waals surface area contributed by atoms with E-state index >= 15 is 0 Å². The maximum absolute atomic E-state index is 3.36. The van der Waals surface area contributed by atoms with Crippen LogP contribution in [0, 0.1) is 3.57 Å². The normalized spacial score (nSPS) is 18.1. The summed E-state index contributed by atoms with van der Waals surface area (Å²) in [5, 5.41) is 3.36. The lowest BCUT2D eigenvalue weighted by atomic mass is 10.0. The zero-order chi connectivity index (χ0) is 10.7. The molecule has 2 rings (SSSR count). The lowest BCUT2D eigenvalue weighted by Crippen LogP contribution is -2.41. The van der Waals surface area contributed by atoms with Crippen LogP contribution in [-0.2, 0) is 0 Å². The number of halogens is 1. The third-order valence-electron chi connectivity index (χ3n) is 3.09. The number of nitrogens with one attached hydrogen (secondary N) is 1. The van der Waals surface area contributed by atoms with E-state index in [2.05, 4.69) is 64.1 Å². The number of hydrogen-bond donors (Lipinski definition) is 1. The molecule has 0 atom stereocenters. The summed E-state index contributed by atoms with van der Waals surface area (Å²) >= 11 is 2.35. The Kier molecular flexibility index (Phi) is 3.86. The molecule has 15 heavy (non-hydrogen) atoms. The predicted octanol–water partition coefficient (Wildman–Crippen LogP) is 2.48. The van der Waals surface area contributed by atoms with Crippen LogP contribution in [0.1, 0.15) is 12.8 Å². The van der Waals surface area contributed by atoms with Crippen molar-refractivity contribution in [3.63, 3.8) is 0 Å². The number of hydrogen-bond acceptors (Lipinski definition) is 2. The smallest absolute Gasteiger partial charge is 0.0366 e. The Labute approximate surface area is 105 Å². The van der Waals surface area contributed by atoms with E-state index in [9.17, 15) is 0 Å². The Morgan fingerprint density at radius 3 is 2.33 bits per heavy atom. The first kappa shape index (κ1) is 11.2. The summed E-state index contributed by atoms with van der Waals surface area (Å²) in [7, 11) is 2.06. The molecule has 1 aromatic carbocycles. The minimum atomic E-state index is 0.713. The van der Waals surface area contributed by atoms with Crippen LogP contribution >= 0.6 is 22.6 Å². The molecule has 0 saturated carbocycles. The molecule has 1 N–H and O–H groups in total. The molecule has 0 aromatic heterocycles. The van der Waals surface area contributed by atoms with Gasteiger partial charge in [-0.2, -0.15) is 0 Å². The highest BCUT2D eigenvalue weighted by molar-refractivity contribution is 14.1. The fraction of sp³-hybridized carbons (Fsp3) is 0.500. The molecule has 3 heteroatoms. The Balaban J connectivity index is 1.98. The SMILES string of the molecule is CNC1CCN(c2ccc(I)cc2)CC1. The predicted molar refractivity (Wildman–Crippen MR) is 73.5 cm³/mol. The monoisotopic (exact) mass is 316 g/mol. The van der Waals surface area contributed by atoms with Crippen molar-refractivity contribution in [3.05, 3.63) is 27.8 Å². The van der Waals surface area contributed by atoms with Gasteiger partial charge in [0.1, 0.15) is 0 Å². The van der Waals surface area contributed by atoms with Gasteiger partial charge in [0, 0.05) is 28.4 Å². The number of rotatable bonds is 2. The van der Waals surface area contributed by atoms with Gasteiger partial charge >= 0.3 is 0 Å². The first-order chi connectivity index (χ1) is 7.29. The zero-order valence-electron chi connectivity index (χ0n) is 9.04. The van der Waals surface area contributed by atoms with Crippen molar-refractivity contribution in [2.24, 2.45) is 0 Å². The molecule has 1 heterocycles. The fourth-order valence-electron chi connectivity index (χ4n) is 2.08. The molecule has 82 valence electrons. The van der Waals surface area contributed by atoms with E-state index < -0.39 is 0 Å². The van der Waals surface area contributed by atoms with Crippen molar-refractivity contribution in [1.82, 2.24) is 5.32 Å². The Morgan fingerprint density at radius 1 is 1.20 bits per heavy atom.